The lowest BCUT2D eigenvalue weighted by atomic mass is 9.84. The Hall–Kier alpha value is -3.35. The Labute approximate surface area is 188 Å². The second kappa shape index (κ2) is 10.8. The molecule has 0 amide bonds. The smallest absolute Gasteiger partial charge is 0.329 e. The average Bonchev–Trinajstić information content (AvgIpc) is 3.17. The molecule has 32 heavy (non-hydrogen) atoms. The minimum absolute atomic E-state index is 0.127. The summed E-state index contributed by atoms with van der Waals surface area (Å²) in [7, 11) is 0. The van der Waals surface area contributed by atoms with Gasteiger partial charge in [-0.3, -0.25) is 9.59 Å². The molecule has 1 heterocycles. The zero-order chi connectivity index (χ0) is 23.1. The van der Waals surface area contributed by atoms with Gasteiger partial charge in [0.05, 0.1) is 31.8 Å². The van der Waals surface area contributed by atoms with Crippen molar-refractivity contribution in [3.8, 4) is 0 Å². The number of hydrogen-bond donors (Lipinski definition) is 0. The number of rotatable bonds is 8. The number of anilines is 1. The van der Waals surface area contributed by atoms with Crippen LogP contribution in [-0.4, -0.2) is 43.8 Å². The molecule has 1 aliphatic heterocycles. The molecule has 0 N–H and O–H groups in total. The van der Waals surface area contributed by atoms with Crippen molar-refractivity contribution in [3.05, 3.63) is 66.2 Å². The molecule has 0 aromatic heterocycles. The van der Waals surface area contributed by atoms with E-state index in [0.29, 0.717) is 5.69 Å². The van der Waals surface area contributed by atoms with Gasteiger partial charge in [-0.1, -0.05) is 48.5 Å². The quantitative estimate of drug-likeness (QED) is 0.460. The summed E-state index contributed by atoms with van der Waals surface area (Å²) in [5.41, 5.74) is 1.48. The molecule has 0 saturated carbocycles. The fourth-order valence-corrected chi connectivity index (χ4v) is 4.37. The monoisotopic (exact) mass is 439 g/mol. The van der Waals surface area contributed by atoms with Gasteiger partial charge in [0.2, 0.25) is 0 Å². The number of carbonyl (C=O) groups is 3. The highest BCUT2D eigenvalue weighted by atomic mass is 16.5. The van der Waals surface area contributed by atoms with E-state index in [2.05, 4.69) is 0 Å². The van der Waals surface area contributed by atoms with Crippen LogP contribution in [0.2, 0.25) is 0 Å². The molecule has 3 rings (SSSR count). The minimum atomic E-state index is -1.08. The van der Waals surface area contributed by atoms with Crippen LogP contribution in [0.25, 0.3) is 0 Å². The molecule has 170 valence electrons. The fourth-order valence-electron chi connectivity index (χ4n) is 4.37. The molecule has 0 bridgehead atoms. The molecule has 1 saturated heterocycles. The maximum absolute atomic E-state index is 13.2. The first kappa shape index (κ1) is 23.3. The number of esters is 3. The van der Waals surface area contributed by atoms with Crippen LogP contribution < -0.4 is 4.90 Å². The Kier molecular flexibility index (Phi) is 7.87. The van der Waals surface area contributed by atoms with Gasteiger partial charge in [0.1, 0.15) is 12.0 Å². The van der Waals surface area contributed by atoms with Gasteiger partial charge in [0.15, 0.2) is 0 Å². The highest BCUT2D eigenvalue weighted by Crippen LogP contribution is 2.48. The molecular weight excluding hydrogens is 410 g/mol. The molecule has 2 aromatic rings. The normalized spacial score (nSPS) is 22.3. The number of carbonyl (C=O) groups excluding carboxylic acids is 3. The number of para-hydroxylation sites is 1. The van der Waals surface area contributed by atoms with Crippen LogP contribution in [0.15, 0.2) is 60.7 Å². The van der Waals surface area contributed by atoms with E-state index in [1.807, 2.05) is 60.7 Å². The average molecular weight is 440 g/mol. The summed E-state index contributed by atoms with van der Waals surface area (Å²) in [6.45, 7) is 5.53. The topological polar surface area (TPSA) is 82.1 Å². The predicted molar refractivity (Wildman–Crippen MR) is 119 cm³/mol. The predicted octanol–water partition coefficient (Wildman–Crippen LogP) is 3.54. The third-order valence-corrected chi connectivity index (χ3v) is 5.51. The van der Waals surface area contributed by atoms with E-state index < -0.39 is 41.8 Å². The molecule has 1 aliphatic rings. The van der Waals surface area contributed by atoms with E-state index in [-0.39, 0.29) is 19.8 Å². The van der Waals surface area contributed by atoms with E-state index in [9.17, 15) is 14.4 Å². The van der Waals surface area contributed by atoms with Gasteiger partial charge < -0.3 is 19.1 Å². The van der Waals surface area contributed by atoms with Crippen molar-refractivity contribution < 1.29 is 28.6 Å². The molecular formula is C25H29NO6. The number of hydrogen-bond acceptors (Lipinski definition) is 7. The lowest BCUT2D eigenvalue weighted by Gasteiger charge is -2.32. The zero-order valence-electron chi connectivity index (χ0n) is 18.6. The van der Waals surface area contributed by atoms with E-state index >= 15 is 0 Å². The largest absolute Gasteiger partial charge is 0.466 e. The Balaban J connectivity index is 2.25. The highest BCUT2D eigenvalue weighted by molar-refractivity contribution is 5.94. The van der Waals surface area contributed by atoms with E-state index in [4.69, 9.17) is 14.2 Å². The molecule has 2 aromatic carbocycles. The lowest BCUT2D eigenvalue weighted by molar-refractivity contribution is -0.162. The van der Waals surface area contributed by atoms with E-state index in [1.165, 1.54) is 0 Å². The van der Waals surface area contributed by atoms with Crippen LogP contribution in [0.4, 0.5) is 5.69 Å². The second-order valence-corrected chi connectivity index (χ2v) is 7.35. The first-order chi connectivity index (χ1) is 15.5. The van der Waals surface area contributed by atoms with Gasteiger partial charge in [-0.2, -0.15) is 0 Å². The van der Waals surface area contributed by atoms with Crippen LogP contribution in [-0.2, 0) is 28.6 Å². The van der Waals surface area contributed by atoms with Crippen molar-refractivity contribution in [1.82, 2.24) is 0 Å². The van der Waals surface area contributed by atoms with Crippen molar-refractivity contribution >= 4 is 23.6 Å². The van der Waals surface area contributed by atoms with Gasteiger partial charge in [0.25, 0.3) is 0 Å². The van der Waals surface area contributed by atoms with Gasteiger partial charge in [0, 0.05) is 5.69 Å². The SMILES string of the molecule is CCOC(=O)[C@@H]1[C@@H](C(=O)OCC)[C@@H](c2ccccc2)N(c2ccccc2)[C@@H]1C(=O)OCC. The number of nitrogens with zero attached hydrogens (tertiary/aromatic N) is 1. The summed E-state index contributed by atoms with van der Waals surface area (Å²) in [6, 6.07) is 16.9. The maximum Gasteiger partial charge on any atom is 0.329 e. The Bertz CT molecular complexity index is 849. The number of ether oxygens (including phenoxy) is 3. The van der Waals surface area contributed by atoms with Crippen LogP contribution in [0.1, 0.15) is 32.4 Å². The van der Waals surface area contributed by atoms with Crippen molar-refractivity contribution in [2.24, 2.45) is 11.8 Å². The molecule has 1 fully saturated rings. The molecule has 4 atom stereocenters. The van der Waals surface area contributed by atoms with E-state index in [1.54, 1.807) is 25.7 Å². The standard InChI is InChI=1S/C25H29NO6/c1-4-30-23(27)19-20(24(28)31-5-2)22(25(29)32-6-3)26(18-15-11-8-12-16-18)21(19)17-13-9-7-10-14-17/h7-16,19-22H,4-6H2,1-3H3/t19-,20-,21-,22+/m1/s1. The highest BCUT2D eigenvalue weighted by Gasteiger charge is 2.60. The fraction of sp³-hybridized carbons (Fsp3) is 0.400. The zero-order valence-corrected chi connectivity index (χ0v) is 18.6. The van der Waals surface area contributed by atoms with Gasteiger partial charge >= 0.3 is 17.9 Å². The lowest BCUT2D eigenvalue weighted by Crippen LogP contribution is -2.45. The first-order valence-corrected chi connectivity index (χ1v) is 10.9. The van der Waals surface area contributed by atoms with Gasteiger partial charge in [-0.25, -0.2) is 4.79 Å². The van der Waals surface area contributed by atoms with Crippen molar-refractivity contribution in [2.75, 3.05) is 24.7 Å². The second-order valence-electron chi connectivity index (χ2n) is 7.35. The summed E-state index contributed by atoms with van der Waals surface area (Å²) in [6.07, 6.45) is 0. The van der Waals surface area contributed by atoms with Crippen molar-refractivity contribution in [2.45, 2.75) is 32.9 Å². The molecule has 7 nitrogen and oxygen atoms in total. The van der Waals surface area contributed by atoms with Crippen LogP contribution in [0.5, 0.6) is 0 Å². The number of benzene rings is 2. The third kappa shape index (κ3) is 4.61. The molecule has 0 unspecified atom stereocenters. The summed E-state index contributed by atoms with van der Waals surface area (Å²) >= 11 is 0. The van der Waals surface area contributed by atoms with Crippen LogP contribution in [0, 0.1) is 11.8 Å². The Morgan fingerprint density at radius 2 is 1.16 bits per heavy atom. The summed E-state index contributed by atoms with van der Waals surface area (Å²) in [5, 5.41) is 0. The molecule has 0 aliphatic carbocycles. The third-order valence-electron chi connectivity index (χ3n) is 5.51. The summed E-state index contributed by atoms with van der Waals surface area (Å²) < 4.78 is 16.1. The van der Waals surface area contributed by atoms with Gasteiger partial charge in [-0.05, 0) is 38.5 Å². The minimum Gasteiger partial charge on any atom is -0.466 e. The van der Waals surface area contributed by atoms with Crippen molar-refractivity contribution in [1.29, 1.82) is 0 Å². The van der Waals surface area contributed by atoms with Crippen LogP contribution in [0.3, 0.4) is 0 Å². The molecule has 0 spiro atoms. The van der Waals surface area contributed by atoms with Gasteiger partial charge in [-0.15, -0.1) is 0 Å². The Morgan fingerprint density at radius 3 is 1.69 bits per heavy atom. The molecule has 0 radical (unpaired) electrons. The van der Waals surface area contributed by atoms with Crippen molar-refractivity contribution in [3.63, 3.8) is 0 Å². The first-order valence-electron chi connectivity index (χ1n) is 10.9. The summed E-state index contributed by atoms with van der Waals surface area (Å²) in [5.74, 6) is -3.79. The summed E-state index contributed by atoms with van der Waals surface area (Å²) in [4.78, 5) is 41.4. The maximum atomic E-state index is 13.2. The van der Waals surface area contributed by atoms with Crippen LogP contribution >= 0.6 is 0 Å². The van der Waals surface area contributed by atoms with E-state index in [0.717, 1.165) is 5.56 Å². The Morgan fingerprint density at radius 1 is 0.688 bits per heavy atom. The molecule has 7 heteroatoms.